The SMILES string of the molecule is CN(C)CCN1CCN(c2ccc(C(=O)NC3CC3c3ccccc3)cc2NC(=O)c2cccc(Cl)c2)CC1. The van der Waals surface area contributed by atoms with Crippen molar-refractivity contribution in [3.63, 3.8) is 0 Å². The molecule has 1 aliphatic heterocycles. The molecule has 7 nitrogen and oxygen atoms in total. The molecule has 2 aliphatic rings. The molecule has 2 N–H and O–H groups in total. The second-order valence-corrected chi connectivity index (χ2v) is 11.1. The highest BCUT2D eigenvalue weighted by molar-refractivity contribution is 6.31. The first kappa shape index (κ1) is 27.2. The maximum absolute atomic E-state index is 13.2. The molecule has 8 heteroatoms. The zero-order valence-electron chi connectivity index (χ0n) is 22.6. The van der Waals surface area contributed by atoms with E-state index in [9.17, 15) is 9.59 Å². The van der Waals surface area contributed by atoms with Crippen LogP contribution in [0.3, 0.4) is 0 Å². The van der Waals surface area contributed by atoms with Crippen molar-refractivity contribution in [3.8, 4) is 0 Å². The molecule has 2 amide bonds. The number of benzene rings is 3. The lowest BCUT2D eigenvalue weighted by Gasteiger charge is -2.37. The number of piperazine rings is 1. The molecule has 2 atom stereocenters. The Morgan fingerprint density at radius 1 is 0.897 bits per heavy atom. The number of anilines is 2. The highest BCUT2D eigenvalue weighted by Gasteiger charge is 2.39. The van der Waals surface area contributed by atoms with E-state index < -0.39 is 0 Å². The zero-order valence-corrected chi connectivity index (χ0v) is 23.3. The van der Waals surface area contributed by atoms with Gasteiger partial charge in [-0.2, -0.15) is 0 Å². The topological polar surface area (TPSA) is 67.9 Å². The van der Waals surface area contributed by atoms with Crippen molar-refractivity contribution in [3.05, 3.63) is 94.5 Å². The number of nitrogens with one attached hydrogen (secondary N) is 2. The molecular formula is C31H36ClN5O2. The monoisotopic (exact) mass is 545 g/mol. The first-order chi connectivity index (χ1) is 18.9. The Bertz CT molecular complexity index is 1310. The third-order valence-corrected chi connectivity index (χ3v) is 7.74. The summed E-state index contributed by atoms with van der Waals surface area (Å²) in [4.78, 5) is 33.3. The van der Waals surface area contributed by atoms with Gasteiger partial charge in [-0.1, -0.05) is 48.0 Å². The molecule has 0 bridgehead atoms. The van der Waals surface area contributed by atoms with Gasteiger partial charge in [-0.25, -0.2) is 0 Å². The van der Waals surface area contributed by atoms with E-state index in [-0.39, 0.29) is 17.9 Å². The molecule has 2 fully saturated rings. The van der Waals surface area contributed by atoms with Gasteiger partial charge < -0.3 is 20.4 Å². The molecule has 3 aromatic carbocycles. The Balaban J connectivity index is 1.32. The summed E-state index contributed by atoms with van der Waals surface area (Å²) in [5, 5.41) is 6.74. The van der Waals surface area contributed by atoms with E-state index >= 15 is 0 Å². The Labute approximate surface area is 235 Å². The molecule has 1 aliphatic carbocycles. The normalized spacial score (nSPS) is 19.1. The highest BCUT2D eigenvalue weighted by atomic mass is 35.5. The Kier molecular flexibility index (Phi) is 8.50. The van der Waals surface area contributed by atoms with E-state index in [1.54, 1.807) is 30.3 Å². The van der Waals surface area contributed by atoms with Gasteiger partial charge >= 0.3 is 0 Å². The molecule has 0 aromatic heterocycles. The summed E-state index contributed by atoms with van der Waals surface area (Å²) < 4.78 is 0. The van der Waals surface area contributed by atoms with Gasteiger partial charge in [0.1, 0.15) is 0 Å². The smallest absolute Gasteiger partial charge is 0.255 e. The second-order valence-electron chi connectivity index (χ2n) is 10.7. The Hall–Kier alpha value is -3.39. The maximum Gasteiger partial charge on any atom is 0.255 e. The highest BCUT2D eigenvalue weighted by Crippen LogP contribution is 2.41. The number of nitrogens with zero attached hydrogens (tertiary/aromatic N) is 3. The van der Waals surface area contributed by atoms with Gasteiger partial charge in [0.25, 0.3) is 11.8 Å². The van der Waals surface area contributed by atoms with Crippen molar-refractivity contribution in [2.24, 2.45) is 0 Å². The number of hydrogen-bond acceptors (Lipinski definition) is 5. The number of halogens is 1. The van der Waals surface area contributed by atoms with Gasteiger partial charge in [-0.05, 0) is 62.5 Å². The van der Waals surface area contributed by atoms with Gasteiger partial charge in [0, 0.05) is 67.4 Å². The van der Waals surface area contributed by atoms with Gasteiger partial charge in [-0.3, -0.25) is 14.5 Å². The Morgan fingerprint density at radius 3 is 2.36 bits per heavy atom. The predicted octanol–water partition coefficient (Wildman–Crippen LogP) is 4.56. The summed E-state index contributed by atoms with van der Waals surface area (Å²) in [6, 6.07) is 22.9. The van der Waals surface area contributed by atoms with Crippen LogP contribution in [0.1, 0.15) is 38.6 Å². The quantitative estimate of drug-likeness (QED) is 0.412. The van der Waals surface area contributed by atoms with Crippen LogP contribution in [0.2, 0.25) is 5.02 Å². The van der Waals surface area contributed by atoms with E-state index in [4.69, 9.17) is 11.6 Å². The first-order valence-electron chi connectivity index (χ1n) is 13.6. The fourth-order valence-corrected chi connectivity index (χ4v) is 5.30. The molecule has 0 radical (unpaired) electrons. The average molecular weight is 546 g/mol. The van der Waals surface area contributed by atoms with Crippen molar-refractivity contribution in [1.29, 1.82) is 0 Å². The summed E-state index contributed by atoms with van der Waals surface area (Å²) >= 11 is 6.13. The van der Waals surface area contributed by atoms with Gasteiger partial charge in [0.15, 0.2) is 0 Å². The third kappa shape index (κ3) is 6.98. The van der Waals surface area contributed by atoms with Crippen molar-refractivity contribution in [2.75, 3.05) is 63.6 Å². The predicted molar refractivity (Wildman–Crippen MR) is 158 cm³/mol. The minimum absolute atomic E-state index is 0.124. The van der Waals surface area contributed by atoms with Gasteiger partial charge in [-0.15, -0.1) is 0 Å². The molecule has 204 valence electrons. The number of carbonyl (C=O) groups excluding carboxylic acids is 2. The molecule has 1 saturated heterocycles. The number of rotatable bonds is 9. The van der Waals surface area contributed by atoms with Crippen LogP contribution in [-0.4, -0.2) is 81.0 Å². The molecule has 39 heavy (non-hydrogen) atoms. The van der Waals surface area contributed by atoms with Gasteiger partial charge in [0.2, 0.25) is 0 Å². The number of amides is 2. The summed E-state index contributed by atoms with van der Waals surface area (Å²) in [6.45, 7) is 5.64. The van der Waals surface area contributed by atoms with Gasteiger partial charge in [0.05, 0.1) is 11.4 Å². The lowest BCUT2D eigenvalue weighted by atomic mass is 10.1. The van der Waals surface area contributed by atoms with Crippen LogP contribution in [0, 0.1) is 0 Å². The summed E-state index contributed by atoms with van der Waals surface area (Å²) in [6.07, 6.45) is 0.935. The van der Waals surface area contributed by atoms with Crippen LogP contribution < -0.4 is 15.5 Å². The number of likely N-dealkylation sites (N-methyl/N-ethyl adjacent to an activating group) is 1. The third-order valence-electron chi connectivity index (χ3n) is 7.50. The van der Waals surface area contributed by atoms with E-state index in [1.165, 1.54) is 5.56 Å². The molecule has 1 heterocycles. The van der Waals surface area contributed by atoms with Crippen LogP contribution in [0.4, 0.5) is 11.4 Å². The standard InChI is InChI=1S/C31H36ClN5O2/c1-35(2)13-14-36-15-17-37(18-16-36)29-12-11-24(20-28(29)34-30(38)23-9-6-10-25(32)19-23)31(39)33-27-21-26(27)22-7-4-3-5-8-22/h3-12,19-20,26-27H,13-18,21H2,1-2H3,(H,33,39)(H,34,38). The summed E-state index contributed by atoms with van der Waals surface area (Å²) in [7, 11) is 4.18. The van der Waals surface area contributed by atoms with Crippen LogP contribution in [0.15, 0.2) is 72.8 Å². The van der Waals surface area contributed by atoms with Crippen molar-refractivity contribution in [2.45, 2.75) is 18.4 Å². The lowest BCUT2D eigenvalue weighted by molar-refractivity contribution is 0.0949. The largest absolute Gasteiger partial charge is 0.367 e. The molecule has 1 saturated carbocycles. The molecule has 5 rings (SSSR count). The minimum atomic E-state index is -0.257. The van der Waals surface area contributed by atoms with Crippen LogP contribution in [-0.2, 0) is 0 Å². The fourth-order valence-electron chi connectivity index (χ4n) is 5.11. The maximum atomic E-state index is 13.2. The fraction of sp³-hybridized carbons (Fsp3) is 0.355. The van der Waals surface area contributed by atoms with E-state index in [0.717, 1.165) is 51.4 Å². The van der Waals surface area contributed by atoms with Crippen molar-refractivity contribution in [1.82, 2.24) is 15.1 Å². The lowest BCUT2D eigenvalue weighted by Crippen LogP contribution is -2.48. The number of hydrogen-bond donors (Lipinski definition) is 2. The van der Waals surface area contributed by atoms with Crippen molar-refractivity contribution >= 4 is 34.8 Å². The van der Waals surface area contributed by atoms with E-state index in [2.05, 4.69) is 51.6 Å². The molecule has 2 unspecified atom stereocenters. The zero-order chi connectivity index (χ0) is 27.4. The van der Waals surface area contributed by atoms with Crippen LogP contribution >= 0.6 is 11.6 Å². The molecule has 3 aromatic rings. The first-order valence-corrected chi connectivity index (χ1v) is 13.9. The van der Waals surface area contributed by atoms with E-state index in [1.807, 2.05) is 30.3 Å². The average Bonchev–Trinajstić information content (AvgIpc) is 3.71. The van der Waals surface area contributed by atoms with Crippen LogP contribution in [0.5, 0.6) is 0 Å². The number of carbonyl (C=O) groups is 2. The Morgan fingerprint density at radius 2 is 1.64 bits per heavy atom. The molecular weight excluding hydrogens is 510 g/mol. The van der Waals surface area contributed by atoms with Crippen molar-refractivity contribution < 1.29 is 9.59 Å². The minimum Gasteiger partial charge on any atom is -0.367 e. The summed E-state index contributed by atoms with van der Waals surface area (Å²) in [5.74, 6) is -0.0378. The summed E-state index contributed by atoms with van der Waals surface area (Å²) in [5.41, 5.74) is 3.80. The second kappa shape index (κ2) is 12.2. The van der Waals surface area contributed by atoms with Crippen LogP contribution in [0.25, 0.3) is 0 Å². The van der Waals surface area contributed by atoms with E-state index in [0.29, 0.717) is 27.8 Å². The molecule has 0 spiro atoms.